The highest BCUT2D eigenvalue weighted by Gasteiger charge is 2.19. The van der Waals surface area contributed by atoms with E-state index in [-0.39, 0.29) is 5.91 Å². The number of carbonyl (C=O) groups is 1. The maximum Gasteiger partial charge on any atom is 0.251 e. The van der Waals surface area contributed by atoms with Gasteiger partial charge in [0.15, 0.2) is 0 Å². The van der Waals surface area contributed by atoms with Gasteiger partial charge in [-0.1, -0.05) is 0 Å². The lowest BCUT2D eigenvalue weighted by Gasteiger charge is -2.27. The quantitative estimate of drug-likeness (QED) is 0.520. The monoisotopic (exact) mass is 157 g/mol. The Labute approximate surface area is 66.2 Å². The Morgan fingerprint density at radius 2 is 2.09 bits per heavy atom. The Balaban J connectivity index is 2.39. The van der Waals surface area contributed by atoms with E-state index in [1.807, 2.05) is 0 Å². The zero-order chi connectivity index (χ0) is 8.27. The Morgan fingerprint density at radius 3 is 2.55 bits per heavy atom. The van der Waals surface area contributed by atoms with Crippen LogP contribution in [0, 0.1) is 0 Å². The molecule has 4 heteroatoms. The third-order valence-corrected chi connectivity index (χ3v) is 1.73. The zero-order valence-corrected chi connectivity index (χ0v) is 6.66. The summed E-state index contributed by atoms with van der Waals surface area (Å²) in [7, 11) is 0. The van der Waals surface area contributed by atoms with Crippen LogP contribution in [0.15, 0.2) is 0 Å². The van der Waals surface area contributed by atoms with Crippen LogP contribution in [-0.2, 0) is 4.79 Å². The van der Waals surface area contributed by atoms with E-state index in [2.05, 4.69) is 5.32 Å². The van der Waals surface area contributed by atoms with Gasteiger partial charge in [0.1, 0.15) is 6.10 Å². The van der Waals surface area contributed by atoms with Crippen molar-refractivity contribution in [3.8, 4) is 0 Å². The molecule has 1 atom stereocenters. The van der Waals surface area contributed by atoms with Crippen molar-refractivity contribution in [1.82, 2.24) is 10.2 Å². The van der Waals surface area contributed by atoms with Crippen molar-refractivity contribution in [2.75, 3.05) is 26.2 Å². The highest BCUT2D eigenvalue weighted by atomic mass is 16.3. The van der Waals surface area contributed by atoms with Gasteiger partial charge in [0.2, 0.25) is 0 Å². The van der Waals surface area contributed by atoms with E-state index in [9.17, 15) is 4.79 Å². The predicted octanol–water partition coefficient (Wildman–Crippen LogP) is -1.19. The van der Waals surface area contributed by atoms with Crippen molar-refractivity contribution in [1.29, 1.82) is 0 Å². The van der Waals surface area contributed by atoms with Crippen LogP contribution in [0.5, 0.6) is 0 Å². The highest BCUT2D eigenvalue weighted by Crippen LogP contribution is 1.97. The van der Waals surface area contributed by atoms with Gasteiger partial charge in [-0.05, 0) is 6.92 Å². The number of rotatable bonds is 1. The molecule has 1 saturated heterocycles. The van der Waals surface area contributed by atoms with Crippen molar-refractivity contribution in [3.05, 3.63) is 0 Å². The summed E-state index contributed by atoms with van der Waals surface area (Å²) in [4.78, 5) is 12.8. The molecule has 0 spiro atoms. The number of hydrogen-bond donors (Lipinski definition) is 1. The highest BCUT2D eigenvalue weighted by molar-refractivity contribution is 5.80. The number of amides is 1. The Bertz CT molecular complexity index is 141. The minimum atomic E-state index is -0.868. The molecule has 0 saturated carbocycles. The van der Waals surface area contributed by atoms with Crippen molar-refractivity contribution in [2.24, 2.45) is 0 Å². The van der Waals surface area contributed by atoms with Gasteiger partial charge < -0.3 is 10.0 Å². The fourth-order valence-electron chi connectivity index (χ4n) is 1.09. The summed E-state index contributed by atoms with van der Waals surface area (Å²) in [5, 5.41) is 13.0. The first-order valence-electron chi connectivity index (χ1n) is 3.82. The lowest BCUT2D eigenvalue weighted by molar-refractivity contribution is -0.139. The Kier molecular flexibility index (Phi) is 2.84. The smallest absolute Gasteiger partial charge is 0.251 e. The van der Waals surface area contributed by atoms with Crippen molar-refractivity contribution >= 4 is 5.91 Å². The lowest BCUT2D eigenvalue weighted by atomic mass is 10.3. The zero-order valence-electron chi connectivity index (χ0n) is 6.66. The molecule has 1 radical (unpaired) electrons. The number of carbonyl (C=O) groups excluding carboxylic acids is 1. The van der Waals surface area contributed by atoms with E-state index in [4.69, 9.17) is 5.11 Å². The molecule has 0 aliphatic carbocycles. The summed E-state index contributed by atoms with van der Waals surface area (Å²) in [5.74, 6) is -0.181. The van der Waals surface area contributed by atoms with Crippen LogP contribution in [0.1, 0.15) is 6.92 Å². The molecule has 1 aliphatic rings. The van der Waals surface area contributed by atoms with Crippen LogP contribution in [0.3, 0.4) is 0 Å². The van der Waals surface area contributed by atoms with E-state index in [0.717, 1.165) is 0 Å². The maximum absolute atomic E-state index is 11.1. The lowest BCUT2D eigenvalue weighted by Crippen LogP contribution is -2.47. The van der Waals surface area contributed by atoms with Crippen molar-refractivity contribution in [3.63, 3.8) is 0 Å². The second-order valence-electron chi connectivity index (χ2n) is 2.67. The molecule has 11 heavy (non-hydrogen) atoms. The summed E-state index contributed by atoms with van der Waals surface area (Å²) < 4.78 is 0. The second kappa shape index (κ2) is 3.69. The normalized spacial score (nSPS) is 21.5. The van der Waals surface area contributed by atoms with Crippen LogP contribution in [-0.4, -0.2) is 48.2 Å². The molecule has 1 rings (SSSR count). The summed E-state index contributed by atoms with van der Waals surface area (Å²) in [5.41, 5.74) is 0. The number of hydrogen-bond acceptors (Lipinski definition) is 2. The minimum Gasteiger partial charge on any atom is -0.384 e. The van der Waals surface area contributed by atoms with Gasteiger partial charge >= 0.3 is 0 Å². The predicted molar refractivity (Wildman–Crippen MR) is 40.1 cm³/mol. The molecule has 1 heterocycles. The second-order valence-corrected chi connectivity index (χ2v) is 2.67. The van der Waals surface area contributed by atoms with Gasteiger partial charge in [0.05, 0.1) is 0 Å². The van der Waals surface area contributed by atoms with Gasteiger partial charge in [0.25, 0.3) is 5.91 Å². The van der Waals surface area contributed by atoms with Crippen LogP contribution < -0.4 is 5.32 Å². The number of piperazine rings is 1. The average molecular weight is 157 g/mol. The fourth-order valence-corrected chi connectivity index (χ4v) is 1.09. The summed E-state index contributed by atoms with van der Waals surface area (Å²) in [6.07, 6.45) is -0.868. The number of nitrogens with zero attached hydrogens (tertiary/aromatic N) is 2. The first-order valence-corrected chi connectivity index (χ1v) is 3.82. The Hall–Kier alpha value is -0.610. The molecular formula is C7H13N2O2. The molecule has 0 aromatic heterocycles. The van der Waals surface area contributed by atoms with Gasteiger partial charge in [-0.2, -0.15) is 0 Å². The number of aliphatic hydroxyl groups excluding tert-OH is 1. The molecular weight excluding hydrogens is 144 g/mol. The van der Waals surface area contributed by atoms with E-state index >= 15 is 0 Å². The topological polar surface area (TPSA) is 54.6 Å². The molecule has 1 amide bonds. The largest absolute Gasteiger partial charge is 0.384 e. The SMILES string of the molecule is C[C@@H](O)C(=O)N1CC[N]CC1. The molecule has 63 valence electrons. The molecule has 0 aromatic carbocycles. The molecule has 0 unspecified atom stereocenters. The van der Waals surface area contributed by atoms with Gasteiger partial charge in [-0.25, -0.2) is 5.32 Å². The van der Waals surface area contributed by atoms with E-state index in [0.29, 0.717) is 26.2 Å². The molecule has 1 N–H and O–H groups in total. The van der Waals surface area contributed by atoms with E-state index in [1.165, 1.54) is 6.92 Å². The van der Waals surface area contributed by atoms with E-state index < -0.39 is 6.10 Å². The first-order chi connectivity index (χ1) is 5.22. The molecule has 0 bridgehead atoms. The average Bonchev–Trinajstić information content (AvgIpc) is 2.05. The summed E-state index contributed by atoms with van der Waals surface area (Å²) in [6.45, 7) is 4.22. The van der Waals surface area contributed by atoms with Crippen LogP contribution in [0.2, 0.25) is 0 Å². The first kappa shape index (κ1) is 8.49. The fraction of sp³-hybridized carbons (Fsp3) is 0.857. The molecule has 1 aliphatic heterocycles. The van der Waals surface area contributed by atoms with Crippen molar-refractivity contribution in [2.45, 2.75) is 13.0 Å². The van der Waals surface area contributed by atoms with Crippen LogP contribution in [0.25, 0.3) is 0 Å². The minimum absolute atomic E-state index is 0.181. The third kappa shape index (κ3) is 2.17. The Morgan fingerprint density at radius 1 is 1.55 bits per heavy atom. The standard InChI is InChI=1S/C7H13N2O2/c1-6(10)7(11)9-4-2-8-3-5-9/h6,10H,2-5H2,1H3/t6-/m1/s1. The van der Waals surface area contributed by atoms with Gasteiger partial charge in [0, 0.05) is 26.2 Å². The van der Waals surface area contributed by atoms with Crippen LogP contribution >= 0.6 is 0 Å². The third-order valence-electron chi connectivity index (χ3n) is 1.73. The van der Waals surface area contributed by atoms with Gasteiger partial charge in [-0.3, -0.25) is 4.79 Å². The molecule has 0 aromatic rings. The van der Waals surface area contributed by atoms with Crippen molar-refractivity contribution < 1.29 is 9.90 Å². The van der Waals surface area contributed by atoms with Gasteiger partial charge in [-0.15, -0.1) is 0 Å². The molecule has 1 fully saturated rings. The molecule has 4 nitrogen and oxygen atoms in total. The number of aliphatic hydroxyl groups is 1. The van der Waals surface area contributed by atoms with Crippen LogP contribution in [0.4, 0.5) is 0 Å². The maximum atomic E-state index is 11.1. The van der Waals surface area contributed by atoms with E-state index in [1.54, 1.807) is 4.90 Å². The summed E-state index contributed by atoms with van der Waals surface area (Å²) >= 11 is 0. The summed E-state index contributed by atoms with van der Waals surface area (Å²) in [6, 6.07) is 0.